The average molecular weight is 886 g/mol. The van der Waals surface area contributed by atoms with Crippen molar-refractivity contribution in [1.82, 2.24) is 29.7 Å². The number of likely N-dealkylation sites (N-methyl/N-ethyl adjacent to an activating group) is 1. The van der Waals surface area contributed by atoms with Gasteiger partial charge >= 0.3 is 0 Å². The summed E-state index contributed by atoms with van der Waals surface area (Å²) in [6, 6.07) is 6.41. The Morgan fingerprint density at radius 1 is 1.03 bits per heavy atom. The summed E-state index contributed by atoms with van der Waals surface area (Å²) in [5.41, 5.74) is 15.3. The number of thiazole rings is 1. The van der Waals surface area contributed by atoms with E-state index in [4.69, 9.17) is 30.7 Å². The van der Waals surface area contributed by atoms with Gasteiger partial charge in [0.05, 0.1) is 54.5 Å². The van der Waals surface area contributed by atoms with Crippen LogP contribution in [0.2, 0.25) is 0 Å². The number of morpholine rings is 1. The maximum absolute atomic E-state index is 14.0. The molecule has 1 atom stereocenters. The lowest BCUT2D eigenvalue weighted by Gasteiger charge is -2.27. The summed E-state index contributed by atoms with van der Waals surface area (Å²) in [5, 5.41) is 10.3. The number of methoxy groups -OCH3 is 1. The second kappa shape index (κ2) is 20.8. The number of aryl methyl sites for hydroxylation is 2. The third-order valence-electron chi connectivity index (χ3n) is 10.7. The Bertz CT molecular complexity index is 2380. The van der Waals surface area contributed by atoms with Gasteiger partial charge in [0.15, 0.2) is 6.29 Å². The Kier molecular flexibility index (Phi) is 15.3. The minimum Gasteiger partial charge on any atom is -0.494 e. The zero-order chi connectivity index (χ0) is 45.4. The van der Waals surface area contributed by atoms with Crippen LogP contribution in [0.15, 0.2) is 48.2 Å². The SMILES string of the molecule is CCc1nc(C)sc1C(=O)NC1Nc2cc(C(N)=O)cc(OC)c2N1C/C=C/Cn1c(NC(=O)/C(=C/C(C)C)N(C)CC)nc2cc(C(N)=O)cc(OCCCN3CCOCC3)c21. The largest absolute Gasteiger partial charge is 0.494 e. The lowest BCUT2D eigenvalue weighted by Crippen LogP contribution is -2.50. The van der Waals surface area contributed by atoms with Gasteiger partial charge < -0.3 is 50.7 Å². The number of carbonyl (C=O) groups excluding carboxylic acids is 4. The fraction of sp³-hybridized carbons (Fsp3) is 0.455. The van der Waals surface area contributed by atoms with Gasteiger partial charge in [-0.05, 0) is 56.9 Å². The van der Waals surface area contributed by atoms with E-state index in [1.807, 2.05) is 74.3 Å². The molecule has 0 bridgehead atoms. The number of hydrogen-bond acceptors (Lipinski definition) is 14. The topological polar surface area (TPSA) is 225 Å². The third-order valence-corrected chi connectivity index (χ3v) is 11.8. The molecular weight excluding hydrogens is 827 g/mol. The summed E-state index contributed by atoms with van der Waals surface area (Å²) in [5.74, 6) is -0.803. The summed E-state index contributed by atoms with van der Waals surface area (Å²) in [6.07, 6.45) is 6.29. The van der Waals surface area contributed by atoms with E-state index in [1.165, 1.54) is 18.4 Å². The van der Waals surface area contributed by atoms with Crippen molar-refractivity contribution in [2.45, 2.75) is 60.3 Å². The highest BCUT2D eigenvalue weighted by Gasteiger charge is 2.34. The molecule has 4 heterocycles. The van der Waals surface area contributed by atoms with Crippen molar-refractivity contribution in [1.29, 1.82) is 0 Å². The van der Waals surface area contributed by atoms with Gasteiger partial charge in [0.1, 0.15) is 27.6 Å². The molecule has 6 rings (SSSR count). The van der Waals surface area contributed by atoms with Gasteiger partial charge in [-0.25, -0.2) is 9.97 Å². The molecule has 19 heteroatoms. The molecule has 1 fully saturated rings. The van der Waals surface area contributed by atoms with E-state index in [-0.39, 0.29) is 47.9 Å². The Balaban J connectivity index is 1.35. The number of nitrogens with two attached hydrogens (primary N) is 2. The van der Waals surface area contributed by atoms with E-state index in [9.17, 15) is 19.2 Å². The number of ether oxygens (including phenoxy) is 3. The molecule has 2 aliphatic heterocycles. The van der Waals surface area contributed by atoms with Crippen molar-refractivity contribution in [2.75, 3.05) is 82.2 Å². The number of carbonyl (C=O) groups is 4. The molecule has 4 amide bonds. The number of primary amides is 2. The second-order valence-corrected chi connectivity index (χ2v) is 16.8. The van der Waals surface area contributed by atoms with E-state index >= 15 is 0 Å². The van der Waals surface area contributed by atoms with Crippen LogP contribution in [0.5, 0.6) is 11.5 Å². The lowest BCUT2D eigenvalue weighted by atomic mass is 10.1. The minimum absolute atomic E-state index is 0.0942. The standard InChI is InChI=1S/C44H59N11O7S/c1-8-30-38(63-27(5)47-30)42(59)51-44-48-31-22-28(39(45)56)24-34(60-7)36(31)54(44)14-10-11-15-55-37-32(49-43(55)50-41(58)33(21-26(3)4)52(6)9-2)23-29(40(46)57)25-35(37)62-18-12-13-53-16-19-61-20-17-53/h10-11,21-26,44,48H,8-9,12-20H2,1-7H3,(H2,45,56)(H2,46,57)(H,51,59)(H,49,50,58)/b11-10+,33-21-. The zero-order valence-corrected chi connectivity index (χ0v) is 37.9. The smallest absolute Gasteiger partial charge is 0.273 e. The summed E-state index contributed by atoms with van der Waals surface area (Å²) < 4.78 is 19.5. The summed E-state index contributed by atoms with van der Waals surface area (Å²) in [4.78, 5) is 68.6. The van der Waals surface area contributed by atoms with E-state index < -0.39 is 18.1 Å². The first-order chi connectivity index (χ1) is 30.2. The molecule has 0 aliphatic carbocycles. The number of amides is 4. The molecule has 4 aromatic rings. The highest BCUT2D eigenvalue weighted by atomic mass is 32.1. The number of benzene rings is 2. The molecule has 63 heavy (non-hydrogen) atoms. The van der Waals surface area contributed by atoms with Crippen molar-refractivity contribution >= 4 is 63.3 Å². The van der Waals surface area contributed by atoms with E-state index in [0.29, 0.717) is 83.0 Å². The van der Waals surface area contributed by atoms with E-state index in [2.05, 4.69) is 25.8 Å². The Hall–Kier alpha value is -6.18. The predicted molar refractivity (Wildman–Crippen MR) is 245 cm³/mol. The maximum atomic E-state index is 14.0. The van der Waals surface area contributed by atoms with Crippen LogP contribution in [0.1, 0.15) is 75.2 Å². The van der Waals surface area contributed by atoms with Crippen LogP contribution in [0.4, 0.5) is 17.3 Å². The average Bonchev–Trinajstić information content (AvgIpc) is 3.94. The zero-order valence-electron chi connectivity index (χ0n) is 37.1. The van der Waals surface area contributed by atoms with Gasteiger partial charge in [0.2, 0.25) is 17.8 Å². The molecule has 0 spiro atoms. The Morgan fingerprint density at radius 3 is 2.40 bits per heavy atom. The summed E-state index contributed by atoms with van der Waals surface area (Å²) >= 11 is 1.32. The molecule has 0 saturated carbocycles. The van der Waals surface area contributed by atoms with Gasteiger partial charge in [-0.2, -0.15) is 0 Å². The first kappa shape index (κ1) is 46.3. The number of aromatic nitrogens is 3. The number of rotatable bonds is 20. The van der Waals surface area contributed by atoms with Crippen LogP contribution >= 0.6 is 11.3 Å². The molecule has 7 N–H and O–H groups in total. The quantitative estimate of drug-likeness (QED) is 0.0475. The lowest BCUT2D eigenvalue weighted by molar-refractivity contribution is -0.114. The van der Waals surface area contributed by atoms with Crippen LogP contribution in [0, 0.1) is 12.8 Å². The fourth-order valence-corrected chi connectivity index (χ4v) is 8.41. The van der Waals surface area contributed by atoms with E-state index in [1.54, 1.807) is 24.3 Å². The third kappa shape index (κ3) is 10.9. The number of anilines is 3. The van der Waals surface area contributed by atoms with E-state index in [0.717, 1.165) is 31.1 Å². The highest BCUT2D eigenvalue weighted by molar-refractivity contribution is 7.13. The Morgan fingerprint density at radius 2 is 1.73 bits per heavy atom. The molecular formula is C44H59N11O7S. The maximum Gasteiger partial charge on any atom is 0.273 e. The van der Waals surface area contributed by atoms with Crippen LogP contribution in [0.3, 0.4) is 0 Å². The molecule has 2 aromatic carbocycles. The van der Waals surface area contributed by atoms with Crippen molar-refractivity contribution < 1.29 is 33.4 Å². The van der Waals surface area contributed by atoms with Crippen LogP contribution in [0.25, 0.3) is 11.0 Å². The molecule has 18 nitrogen and oxygen atoms in total. The normalized spacial score (nSPS) is 15.5. The minimum atomic E-state index is -0.753. The predicted octanol–water partition coefficient (Wildman–Crippen LogP) is 4.30. The first-order valence-electron chi connectivity index (χ1n) is 21.2. The number of hydrogen-bond donors (Lipinski definition) is 5. The molecule has 1 saturated heterocycles. The number of allylic oxidation sites excluding steroid dienone is 2. The van der Waals surface area contributed by atoms with Gasteiger partial charge in [-0.3, -0.25) is 29.4 Å². The second-order valence-electron chi connectivity index (χ2n) is 15.6. The summed E-state index contributed by atoms with van der Waals surface area (Å²) in [7, 11) is 3.35. The van der Waals surface area contributed by atoms with Crippen LogP contribution < -0.4 is 41.8 Å². The molecule has 1 unspecified atom stereocenters. The molecule has 2 aromatic heterocycles. The number of nitrogens with one attached hydrogen (secondary N) is 3. The summed E-state index contributed by atoms with van der Waals surface area (Å²) in [6.45, 7) is 15.1. The molecule has 338 valence electrons. The van der Waals surface area contributed by atoms with Crippen molar-refractivity contribution in [3.63, 3.8) is 0 Å². The van der Waals surface area contributed by atoms with Gasteiger partial charge in [-0.15, -0.1) is 11.3 Å². The number of fused-ring (bicyclic) bond motifs is 2. The van der Waals surface area contributed by atoms with Crippen LogP contribution in [-0.2, 0) is 22.5 Å². The molecule has 2 aliphatic rings. The van der Waals surface area contributed by atoms with Crippen molar-refractivity contribution in [3.05, 3.63) is 74.9 Å². The number of nitrogens with zero attached hydrogens (tertiary/aromatic N) is 6. The van der Waals surface area contributed by atoms with Gasteiger partial charge in [0, 0.05) is 57.4 Å². The number of imidazole rings is 1. The van der Waals surface area contributed by atoms with Crippen LogP contribution in [-0.4, -0.2) is 121 Å². The van der Waals surface area contributed by atoms with Gasteiger partial charge in [-0.1, -0.05) is 39.0 Å². The first-order valence-corrected chi connectivity index (χ1v) is 22.0. The van der Waals surface area contributed by atoms with Crippen molar-refractivity contribution in [3.8, 4) is 11.5 Å². The fourth-order valence-electron chi connectivity index (χ4n) is 7.50. The van der Waals surface area contributed by atoms with Crippen molar-refractivity contribution in [2.24, 2.45) is 17.4 Å². The monoisotopic (exact) mass is 885 g/mol. The highest BCUT2D eigenvalue weighted by Crippen LogP contribution is 2.43. The molecule has 0 radical (unpaired) electrons. The van der Waals surface area contributed by atoms with Gasteiger partial charge in [0.25, 0.3) is 11.8 Å². The Labute approximate surface area is 371 Å².